The van der Waals surface area contributed by atoms with Crippen LogP contribution in [0.25, 0.3) is 0 Å². The lowest BCUT2D eigenvalue weighted by Gasteiger charge is -2.09. The first-order valence-corrected chi connectivity index (χ1v) is 9.36. The third-order valence-corrected chi connectivity index (χ3v) is 5.19. The van der Waals surface area contributed by atoms with E-state index in [1.807, 2.05) is 32.0 Å². The molecule has 2 amide bonds. The Bertz CT molecular complexity index is 729. The third-order valence-electron chi connectivity index (χ3n) is 4.12. The van der Waals surface area contributed by atoms with Gasteiger partial charge in [0.05, 0.1) is 0 Å². The van der Waals surface area contributed by atoms with Gasteiger partial charge in [-0.25, -0.2) is 0 Å². The monoisotopic (exact) mass is 358 g/mol. The SMILES string of the molecule is Cc1cc(C)cc(NC(=O)C[C@@H]2S/C(=N/N=C3CCCC3)NC2=O)c1. The van der Waals surface area contributed by atoms with Crippen LogP contribution in [0.2, 0.25) is 0 Å². The quantitative estimate of drug-likeness (QED) is 0.811. The summed E-state index contributed by atoms with van der Waals surface area (Å²) >= 11 is 1.27. The van der Waals surface area contributed by atoms with Crippen LogP contribution in [0.1, 0.15) is 43.2 Å². The molecule has 25 heavy (non-hydrogen) atoms. The lowest BCUT2D eigenvalue weighted by Crippen LogP contribution is -2.28. The second kappa shape index (κ2) is 7.82. The number of anilines is 1. The zero-order valence-corrected chi connectivity index (χ0v) is 15.3. The van der Waals surface area contributed by atoms with Gasteiger partial charge in [0.1, 0.15) is 5.25 Å². The largest absolute Gasteiger partial charge is 0.326 e. The second-order valence-electron chi connectivity index (χ2n) is 6.50. The first-order chi connectivity index (χ1) is 12.0. The summed E-state index contributed by atoms with van der Waals surface area (Å²) < 4.78 is 0. The zero-order chi connectivity index (χ0) is 17.8. The van der Waals surface area contributed by atoms with Gasteiger partial charge in [0, 0.05) is 17.8 Å². The molecule has 1 atom stereocenters. The van der Waals surface area contributed by atoms with Crippen molar-refractivity contribution in [1.82, 2.24) is 5.32 Å². The number of nitrogens with one attached hydrogen (secondary N) is 2. The number of nitrogens with zero attached hydrogens (tertiary/aromatic N) is 2. The van der Waals surface area contributed by atoms with Gasteiger partial charge in [-0.1, -0.05) is 17.8 Å². The fourth-order valence-corrected chi connectivity index (χ4v) is 3.93. The topological polar surface area (TPSA) is 82.9 Å². The number of amides is 2. The van der Waals surface area contributed by atoms with Crippen molar-refractivity contribution in [2.24, 2.45) is 10.2 Å². The summed E-state index contributed by atoms with van der Waals surface area (Å²) in [5, 5.41) is 13.9. The molecule has 1 aromatic carbocycles. The molecule has 1 saturated heterocycles. The summed E-state index contributed by atoms with van der Waals surface area (Å²) in [4.78, 5) is 24.3. The Labute approximate surface area is 151 Å². The van der Waals surface area contributed by atoms with Gasteiger partial charge in [0.25, 0.3) is 0 Å². The number of amidine groups is 1. The Kier molecular flexibility index (Phi) is 5.53. The first-order valence-electron chi connectivity index (χ1n) is 8.48. The minimum absolute atomic E-state index is 0.110. The Morgan fingerprint density at radius 1 is 1.20 bits per heavy atom. The van der Waals surface area contributed by atoms with Crippen molar-refractivity contribution in [3.05, 3.63) is 29.3 Å². The number of benzene rings is 1. The van der Waals surface area contributed by atoms with Gasteiger partial charge in [0.2, 0.25) is 11.8 Å². The van der Waals surface area contributed by atoms with E-state index in [4.69, 9.17) is 0 Å². The van der Waals surface area contributed by atoms with Crippen molar-refractivity contribution in [2.45, 2.75) is 51.2 Å². The molecule has 1 heterocycles. The summed E-state index contributed by atoms with van der Waals surface area (Å²) in [6.07, 6.45) is 4.39. The highest BCUT2D eigenvalue weighted by Crippen LogP contribution is 2.24. The summed E-state index contributed by atoms with van der Waals surface area (Å²) in [7, 11) is 0. The van der Waals surface area contributed by atoms with Gasteiger partial charge >= 0.3 is 0 Å². The molecule has 2 aliphatic rings. The minimum Gasteiger partial charge on any atom is -0.326 e. The van der Waals surface area contributed by atoms with Crippen molar-refractivity contribution >= 4 is 40.1 Å². The summed E-state index contributed by atoms with van der Waals surface area (Å²) in [6.45, 7) is 3.97. The number of hydrogen-bond donors (Lipinski definition) is 2. The summed E-state index contributed by atoms with van der Waals surface area (Å²) in [5.41, 5.74) is 4.01. The van der Waals surface area contributed by atoms with E-state index in [9.17, 15) is 9.59 Å². The van der Waals surface area contributed by atoms with E-state index in [2.05, 4.69) is 20.8 Å². The Balaban J connectivity index is 1.57. The van der Waals surface area contributed by atoms with Crippen molar-refractivity contribution < 1.29 is 9.59 Å². The molecule has 1 aromatic rings. The number of rotatable bonds is 4. The molecule has 0 aromatic heterocycles. The standard InChI is InChI=1S/C18H22N4O2S/c1-11-7-12(2)9-14(8-11)19-16(23)10-15-17(24)20-18(25-15)22-21-13-5-3-4-6-13/h7-9,15H,3-6,10H2,1-2H3,(H,19,23)(H,20,22,24)/t15-/m0/s1. The van der Waals surface area contributed by atoms with Crippen LogP contribution >= 0.6 is 11.8 Å². The molecule has 2 fully saturated rings. The molecular formula is C18H22N4O2S. The van der Waals surface area contributed by atoms with Gasteiger partial charge < -0.3 is 10.6 Å². The number of hydrogen-bond acceptors (Lipinski definition) is 5. The molecule has 1 aliphatic heterocycles. The van der Waals surface area contributed by atoms with Crippen LogP contribution < -0.4 is 10.6 Å². The number of carbonyl (C=O) groups excluding carboxylic acids is 2. The Morgan fingerprint density at radius 2 is 1.88 bits per heavy atom. The van der Waals surface area contributed by atoms with E-state index < -0.39 is 5.25 Å². The van der Waals surface area contributed by atoms with E-state index in [-0.39, 0.29) is 18.2 Å². The maximum Gasteiger partial charge on any atom is 0.240 e. The normalized spacial score (nSPS) is 21.5. The van der Waals surface area contributed by atoms with Gasteiger partial charge in [-0.05, 0) is 62.8 Å². The van der Waals surface area contributed by atoms with Crippen molar-refractivity contribution in [3.8, 4) is 0 Å². The predicted octanol–water partition coefficient (Wildman–Crippen LogP) is 3.15. The van der Waals surface area contributed by atoms with Gasteiger partial charge in [-0.3, -0.25) is 9.59 Å². The highest BCUT2D eigenvalue weighted by molar-refractivity contribution is 8.15. The summed E-state index contributed by atoms with van der Waals surface area (Å²) in [5.74, 6) is -0.369. The highest BCUT2D eigenvalue weighted by Gasteiger charge is 2.32. The van der Waals surface area contributed by atoms with E-state index in [1.165, 1.54) is 11.8 Å². The number of carbonyl (C=O) groups is 2. The van der Waals surface area contributed by atoms with Crippen LogP contribution in [0, 0.1) is 13.8 Å². The van der Waals surface area contributed by atoms with E-state index in [0.717, 1.165) is 48.2 Å². The van der Waals surface area contributed by atoms with Crippen molar-refractivity contribution in [3.63, 3.8) is 0 Å². The van der Waals surface area contributed by atoms with Gasteiger partial charge in [0.15, 0.2) is 5.17 Å². The maximum atomic E-state index is 12.2. The van der Waals surface area contributed by atoms with Crippen molar-refractivity contribution in [1.29, 1.82) is 0 Å². The molecule has 0 bridgehead atoms. The van der Waals surface area contributed by atoms with E-state index >= 15 is 0 Å². The van der Waals surface area contributed by atoms with Crippen LogP contribution in [-0.2, 0) is 9.59 Å². The molecule has 6 nitrogen and oxygen atoms in total. The Morgan fingerprint density at radius 3 is 2.56 bits per heavy atom. The minimum atomic E-state index is -0.464. The van der Waals surface area contributed by atoms with Gasteiger partial charge in [-0.15, -0.1) is 5.10 Å². The smallest absolute Gasteiger partial charge is 0.240 e. The molecule has 1 aliphatic carbocycles. The predicted molar refractivity (Wildman–Crippen MR) is 102 cm³/mol. The third kappa shape index (κ3) is 4.92. The Hall–Kier alpha value is -2.15. The zero-order valence-electron chi connectivity index (χ0n) is 14.5. The van der Waals surface area contributed by atoms with Crippen LogP contribution in [0.3, 0.4) is 0 Å². The molecule has 0 radical (unpaired) electrons. The van der Waals surface area contributed by atoms with E-state index in [0.29, 0.717) is 5.17 Å². The first kappa shape index (κ1) is 17.7. The molecule has 3 rings (SSSR count). The van der Waals surface area contributed by atoms with Crippen LogP contribution in [0.5, 0.6) is 0 Å². The fourth-order valence-electron chi connectivity index (χ4n) is 3.01. The molecule has 1 saturated carbocycles. The second-order valence-corrected chi connectivity index (χ2v) is 7.69. The lowest BCUT2D eigenvalue weighted by molar-refractivity contribution is -0.122. The van der Waals surface area contributed by atoms with E-state index in [1.54, 1.807) is 0 Å². The van der Waals surface area contributed by atoms with Crippen LogP contribution in [-0.4, -0.2) is 27.9 Å². The molecular weight excluding hydrogens is 336 g/mol. The van der Waals surface area contributed by atoms with Gasteiger partial charge in [-0.2, -0.15) is 5.10 Å². The molecule has 0 spiro atoms. The maximum absolute atomic E-state index is 12.2. The molecule has 132 valence electrons. The lowest BCUT2D eigenvalue weighted by atomic mass is 10.1. The number of aryl methyl sites for hydroxylation is 2. The average Bonchev–Trinajstić information content (AvgIpc) is 3.14. The summed E-state index contributed by atoms with van der Waals surface area (Å²) in [6, 6.07) is 5.87. The fraction of sp³-hybridized carbons (Fsp3) is 0.444. The highest BCUT2D eigenvalue weighted by atomic mass is 32.2. The van der Waals surface area contributed by atoms with Crippen LogP contribution in [0.15, 0.2) is 28.4 Å². The van der Waals surface area contributed by atoms with Crippen molar-refractivity contribution in [2.75, 3.05) is 5.32 Å². The van der Waals surface area contributed by atoms with Crippen LogP contribution in [0.4, 0.5) is 5.69 Å². The average molecular weight is 358 g/mol. The molecule has 7 heteroatoms. The number of thioether (sulfide) groups is 1. The molecule has 2 N–H and O–H groups in total. The molecule has 0 unspecified atom stereocenters.